The molecule has 1 amide bonds. The second kappa shape index (κ2) is 5.11. The predicted molar refractivity (Wildman–Crippen MR) is 65.1 cm³/mol. The molecule has 2 aromatic rings. The van der Waals surface area contributed by atoms with E-state index in [0.29, 0.717) is 11.3 Å². The Hall–Kier alpha value is -2.67. The van der Waals surface area contributed by atoms with E-state index in [2.05, 4.69) is 16.8 Å². The lowest BCUT2D eigenvalue weighted by molar-refractivity contribution is 0.1000. The second-order valence-corrected chi connectivity index (χ2v) is 3.56. The summed E-state index contributed by atoms with van der Waals surface area (Å²) in [6, 6.07) is 9.08. The molecule has 1 aromatic heterocycles. The molecule has 1 heterocycles. The monoisotopic (exact) mass is 240 g/mol. The lowest BCUT2D eigenvalue weighted by atomic mass is 10.1. The van der Waals surface area contributed by atoms with Crippen LogP contribution in [0.25, 0.3) is 0 Å². The van der Waals surface area contributed by atoms with Crippen LogP contribution in [0, 0.1) is 17.7 Å². The summed E-state index contributed by atoms with van der Waals surface area (Å²) in [5.74, 6) is 4.28. The number of nitrogens with two attached hydrogens (primary N) is 1. The van der Waals surface area contributed by atoms with Crippen LogP contribution in [0.15, 0.2) is 42.6 Å². The fraction of sp³-hybridized carbons (Fsp3) is 0. The summed E-state index contributed by atoms with van der Waals surface area (Å²) in [7, 11) is 0. The molecule has 0 saturated carbocycles. The molecule has 0 bridgehead atoms. The molecule has 4 heteroatoms. The highest BCUT2D eigenvalue weighted by atomic mass is 19.1. The van der Waals surface area contributed by atoms with Crippen molar-refractivity contribution in [1.29, 1.82) is 0 Å². The topological polar surface area (TPSA) is 56.0 Å². The Morgan fingerprint density at radius 1 is 1.22 bits per heavy atom. The van der Waals surface area contributed by atoms with E-state index in [1.54, 1.807) is 24.4 Å². The zero-order chi connectivity index (χ0) is 13.0. The number of pyridine rings is 1. The number of carbonyl (C=O) groups is 1. The van der Waals surface area contributed by atoms with Crippen molar-refractivity contribution in [3.05, 3.63) is 65.2 Å². The maximum atomic E-state index is 13.2. The molecule has 2 N–H and O–H groups in total. The Labute approximate surface area is 103 Å². The number of hydrogen-bond acceptors (Lipinski definition) is 2. The van der Waals surface area contributed by atoms with E-state index in [1.165, 1.54) is 12.1 Å². The lowest BCUT2D eigenvalue weighted by Crippen LogP contribution is -2.11. The first-order valence-corrected chi connectivity index (χ1v) is 5.18. The summed E-state index contributed by atoms with van der Waals surface area (Å²) in [4.78, 5) is 15.0. The van der Waals surface area contributed by atoms with E-state index in [9.17, 15) is 9.18 Å². The van der Waals surface area contributed by atoms with Crippen molar-refractivity contribution in [2.24, 2.45) is 5.73 Å². The molecule has 18 heavy (non-hydrogen) atoms. The number of benzene rings is 1. The number of amides is 1. The molecule has 0 fully saturated rings. The van der Waals surface area contributed by atoms with Crippen LogP contribution in [-0.2, 0) is 0 Å². The van der Waals surface area contributed by atoms with E-state index in [1.807, 2.05) is 0 Å². The van der Waals surface area contributed by atoms with Gasteiger partial charge in [-0.2, -0.15) is 0 Å². The molecule has 0 radical (unpaired) electrons. The number of hydrogen-bond donors (Lipinski definition) is 1. The molecule has 0 aliphatic rings. The average molecular weight is 240 g/mol. The summed E-state index contributed by atoms with van der Waals surface area (Å²) in [6.07, 6.45) is 1.62. The number of rotatable bonds is 1. The molecule has 1 aromatic carbocycles. The summed E-state index contributed by atoms with van der Waals surface area (Å²) < 4.78 is 13.2. The summed E-state index contributed by atoms with van der Waals surface area (Å²) in [5, 5.41) is 0. The van der Waals surface area contributed by atoms with Crippen molar-refractivity contribution in [1.82, 2.24) is 4.98 Å². The Morgan fingerprint density at radius 2 is 2.06 bits per heavy atom. The minimum atomic E-state index is -0.685. The smallest absolute Gasteiger partial charge is 0.248 e. The lowest BCUT2D eigenvalue weighted by Gasteiger charge is -1.97. The molecule has 0 unspecified atom stereocenters. The van der Waals surface area contributed by atoms with Crippen molar-refractivity contribution in [2.75, 3.05) is 0 Å². The SMILES string of the molecule is NC(=O)c1cc(F)cc(C#Cc2ccccn2)c1. The molecule has 88 valence electrons. The van der Waals surface area contributed by atoms with E-state index in [0.717, 1.165) is 6.07 Å². The van der Waals surface area contributed by atoms with Crippen LogP contribution in [0.4, 0.5) is 4.39 Å². The van der Waals surface area contributed by atoms with Gasteiger partial charge < -0.3 is 5.73 Å². The van der Waals surface area contributed by atoms with Crippen molar-refractivity contribution in [2.45, 2.75) is 0 Å². The Morgan fingerprint density at radius 3 is 2.72 bits per heavy atom. The molecule has 0 aliphatic heterocycles. The van der Waals surface area contributed by atoms with Crippen molar-refractivity contribution in [3.8, 4) is 11.8 Å². The predicted octanol–water partition coefficient (Wildman–Crippen LogP) is 1.72. The van der Waals surface area contributed by atoms with Gasteiger partial charge in [0.15, 0.2) is 0 Å². The number of primary amides is 1. The third-order valence-corrected chi connectivity index (χ3v) is 2.18. The first-order valence-electron chi connectivity index (χ1n) is 5.18. The van der Waals surface area contributed by atoms with Crippen LogP contribution >= 0.6 is 0 Å². The van der Waals surface area contributed by atoms with Gasteiger partial charge in [-0.15, -0.1) is 0 Å². The van der Waals surface area contributed by atoms with Crippen molar-refractivity contribution < 1.29 is 9.18 Å². The zero-order valence-corrected chi connectivity index (χ0v) is 9.35. The minimum absolute atomic E-state index is 0.0975. The van der Waals surface area contributed by atoms with Gasteiger partial charge >= 0.3 is 0 Å². The number of nitrogens with zero attached hydrogens (tertiary/aromatic N) is 1. The minimum Gasteiger partial charge on any atom is -0.366 e. The quantitative estimate of drug-likeness (QED) is 0.771. The van der Waals surface area contributed by atoms with Gasteiger partial charge in [0.05, 0.1) is 0 Å². The molecular formula is C14H9FN2O. The van der Waals surface area contributed by atoms with Crippen LogP contribution < -0.4 is 5.73 Å². The maximum Gasteiger partial charge on any atom is 0.248 e. The van der Waals surface area contributed by atoms with E-state index < -0.39 is 11.7 Å². The highest BCUT2D eigenvalue weighted by molar-refractivity contribution is 5.93. The van der Waals surface area contributed by atoms with Crippen molar-refractivity contribution >= 4 is 5.91 Å². The molecule has 2 rings (SSSR count). The normalized spacial score (nSPS) is 9.39. The van der Waals surface area contributed by atoms with Crippen molar-refractivity contribution in [3.63, 3.8) is 0 Å². The Balaban J connectivity index is 2.36. The van der Waals surface area contributed by atoms with Gasteiger partial charge in [-0.25, -0.2) is 9.37 Å². The molecule has 0 aliphatic carbocycles. The molecule has 3 nitrogen and oxygen atoms in total. The van der Waals surface area contributed by atoms with Gasteiger partial charge in [0.1, 0.15) is 11.5 Å². The van der Waals surface area contributed by atoms with Gasteiger partial charge in [0, 0.05) is 17.3 Å². The maximum absolute atomic E-state index is 13.2. The average Bonchev–Trinajstić information content (AvgIpc) is 2.37. The molecule has 0 spiro atoms. The summed E-state index contributed by atoms with van der Waals surface area (Å²) in [6.45, 7) is 0. The van der Waals surface area contributed by atoms with Gasteiger partial charge in [-0.1, -0.05) is 12.0 Å². The van der Waals surface area contributed by atoms with Crippen LogP contribution in [0.3, 0.4) is 0 Å². The third kappa shape index (κ3) is 2.92. The van der Waals surface area contributed by atoms with E-state index in [-0.39, 0.29) is 5.56 Å². The fourth-order valence-electron chi connectivity index (χ4n) is 1.38. The van der Waals surface area contributed by atoms with Crippen LogP contribution in [-0.4, -0.2) is 10.9 Å². The van der Waals surface area contributed by atoms with Crippen LogP contribution in [0.5, 0.6) is 0 Å². The summed E-state index contributed by atoms with van der Waals surface area (Å²) >= 11 is 0. The largest absolute Gasteiger partial charge is 0.366 e. The Kier molecular flexibility index (Phi) is 3.35. The van der Waals surface area contributed by atoms with Crippen LogP contribution in [0.1, 0.15) is 21.6 Å². The number of aromatic nitrogens is 1. The summed E-state index contributed by atoms with van der Waals surface area (Å²) in [5.41, 5.74) is 6.15. The first kappa shape index (κ1) is 11.8. The Bertz CT molecular complexity index is 642. The highest BCUT2D eigenvalue weighted by Crippen LogP contribution is 2.08. The molecule has 0 saturated heterocycles. The zero-order valence-electron chi connectivity index (χ0n) is 9.35. The second-order valence-electron chi connectivity index (χ2n) is 3.56. The fourth-order valence-corrected chi connectivity index (χ4v) is 1.38. The number of carbonyl (C=O) groups excluding carboxylic acids is 1. The van der Waals surface area contributed by atoms with E-state index in [4.69, 9.17) is 5.73 Å². The third-order valence-electron chi connectivity index (χ3n) is 2.18. The first-order chi connectivity index (χ1) is 8.65. The number of halogens is 1. The van der Waals surface area contributed by atoms with Gasteiger partial charge in [-0.05, 0) is 36.3 Å². The van der Waals surface area contributed by atoms with Gasteiger partial charge in [-0.3, -0.25) is 4.79 Å². The molecular weight excluding hydrogens is 231 g/mol. The molecule has 0 atom stereocenters. The van der Waals surface area contributed by atoms with E-state index >= 15 is 0 Å². The van der Waals surface area contributed by atoms with Crippen LogP contribution in [0.2, 0.25) is 0 Å². The standard InChI is InChI=1S/C14H9FN2O/c15-12-8-10(7-11(9-12)14(16)18)4-5-13-3-1-2-6-17-13/h1-3,6-9H,(H2,16,18). The van der Waals surface area contributed by atoms with Gasteiger partial charge in [0.25, 0.3) is 0 Å². The highest BCUT2D eigenvalue weighted by Gasteiger charge is 2.03. The van der Waals surface area contributed by atoms with Gasteiger partial charge in [0.2, 0.25) is 5.91 Å².